The van der Waals surface area contributed by atoms with Crippen LogP contribution in [0.1, 0.15) is 121 Å². The number of esters is 1. The number of carbonyl (C=O) groups is 3. The van der Waals surface area contributed by atoms with E-state index >= 15 is 0 Å². The Morgan fingerprint density at radius 3 is 2.00 bits per heavy atom. The number of hydrogen-bond donors (Lipinski definition) is 5. The second-order valence-electron chi connectivity index (χ2n) is 16.3. The second kappa shape index (κ2) is 24.1. The number of H-pyrrole nitrogens is 1. The quantitative estimate of drug-likeness (QED) is 0.0271. The van der Waals surface area contributed by atoms with Crippen molar-refractivity contribution in [2.45, 2.75) is 119 Å². The van der Waals surface area contributed by atoms with E-state index in [0.29, 0.717) is 38.9 Å². The van der Waals surface area contributed by atoms with Gasteiger partial charge in [-0.2, -0.15) is 5.26 Å². The van der Waals surface area contributed by atoms with Gasteiger partial charge < -0.3 is 24.4 Å². The number of amides is 2. The summed E-state index contributed by atoms with van der Waals surface area (Å²) >= 11 is 0.996. The third-order valence-electron chi connectivity index (χ3n) is 11.0. The lowest BCUT2D eigenvalue weighted by molar-refractivity contribution is -0.142. The largest absolute Gasteiger partial charge is 0.506 e. The first kappa shape index (κ1) is 52.7. The molecular weight excluding hydrogens is 931 g/mol. The van der Waals surface area contributed by atoms with Crippen molar-refractivity contribution >= 4 is 83.7 Å². The topological polar surface area (TPSA) is 268 Å². The SMILES string of the molecule is CCCCCCCCCCCCOC(=O)C(C)Sc1nnc(NC(=O)c2cc(S(C)(=O)=O)c3c(C)cccc3c2O)o1.Cc1[nH]c(NC(=O)c2cc(S(C)=O)c3c(C)cccc3c2O)nc1C#N. The number of nitrogens with one attached hydrogen (secondary N) is 3. The van der Waals surface area contributed by atoms with E-state index in [1.165, 1.54) is 57.3 Å². The van der Waals surface area contributed by atoms with Crippen molar-refractivity contribution in [3.8, 4) is 17.6 Å². The zero-order chi connectivity index (χ0) is 49.7. The number of hydrogen-bond acceptors (Lipinski definition) is 15. The molecule has 2 unspecified atom stereocenters. The van der Waals surface area contributed by atoms with Crippen LogP contribution in [0.15, 0.2) is 68.0 Å². The summed E-state index contributed by atoms with van der Waals surface area (Å²) in [6.07, 6.45) is 14.5. The Bertz CT molecular complexity index is 2980. The first-order chi connectivity index (χ1) is 32.4. The van der Waals surface area contributed by atoms with Crippen LogP contribution >= 0.6 is 11.8 Å². The smallest absolute Gasteiger partial charge is 0.323 e. The number of rotatable bonds is 20. The molecule has 68 heavy (non-hydrogen) atoms. The number of nitrogens with zero attached hydrogens (tertiary/aromatic N) is 4. The van der Waals surface area contributed by atoms with Crippen LogP contribution < -0.4 is 10.6 Å². The number of aromatic nitrogens is 4. The Kier molecular flexibility index (Phi) is 18.7. The Morgan fingerprint density at radius 2 is 1.43 bits per heavy atom. The number of fused-ring (bicyclic) bond motifs is 2. The number of aromatic hydroxyl groups is 2. The minimum atomic E-state index is -3.72. The number of benzene rings is 4. The molecule has 2 atom stereocenters. The summed E-state index contributed by atoms with van der Waals surface area (Å²) in [4.78, 5) is 45.2. The van der Waals surface area contributed by atoms with Crippen LogP contribution in [-0.2, 0) is 30.2 Å². The van der Waals surface area contributed by atoms with Crippen LogP contribution in [0.5, 0.6) is 11.5 Å². The van der Waals surface area contributed by atoms with Crippen LogP contribution in [0, 0.1) is 32.1 Å². The highest BCUT2D eigenvalue weighted by Crippen LogP contribution is 2.38. The van der Waals surface area contributed by atoms with Crippen LogP contribution in [0.2, 0.25) is 0 Å². The average molecular weight is 988 g/mol. The van der Waals surface area contributed by atoms with E-state index in [0.717, 1.165) is 48.9 Å². The molecular formula is C48H57N7O10S3. The van der Waals surface area contributed by atoms with Gasteiger partial charge in [-0.05, 0) is 57.4 Å². The van der Waals surface area contributed by atoms with Crippen LogP contribution in [0.3, 0.4) is 0 Å². The third kappa shape index (κ3) is 13.4. The van der Waals surface area contributed by atoms with E-state index in [-0.39, 0.29) is 55.8 Å². The Labute approximate surface area is 402 Å². The summed E-state index contributed by atoms with van der Waals surface area (Å²) in [6.45, 7) is 9.48. The fraction of sp³-hybridized carbons (Fsp3) is 0.396. The molecule has 0 bridgehead atoms. The molecule has 20 heteroatoms. The average Bonchev–Trinajstić information content (AvgIpc) is 3.89. The van der Waals surface area contributed by atoms with Crippen molar-refractivity contribution in [3.05, 3.63) is 82.2 Å². The molecule has 17 nitrogen and oxygen atoms in total. The van der Waals surface area contributed by atoms with E-state index in [2.05, 4.69) is 37.7 Å². The number of sulfone groups is 1. The summed E-state index contributed by atoms with van der Waals surface area (Å²) < 4.78 is 48.0. The molecule has 5 N–H and O–H groups in total. The highest BCUT2D eigenvalue weighted by atomic mass is 32.2. The standard InChI is InChI=1S/C30H41N3O7S2.C18H16N4O3S/c1-5-6-7-8-9-10-11-12-13-14-18-39-28(36)21(3)41-30-33-32-29(40-30)31-27(35)23-19-24(42(4,37)38)25-20(2)16-15-17-22(25)26(23)34;1-9-5-4-6-11-15(9)14(26(3)25)7-12(16(11)23)17(24)22-18-20-10(2)13(8-19)21-18/h15-17,19,21,34H,5-14,18H2,1-4H3,(H,31,32,35);4-7,23H,1-3H3,(H2,20,21,22,24). The number of anilines is 2. The van der Waals surface area contributed by atoms with Crippen molar-refractivity contribution in [2.24, 2.45) is 0 Å². The zero-order valence-electron chi connectivity index (χ0n) is 39.1. The molecule has 2 heterocycles. The number of imidazole rings is 1. The predicted molar refractivity (Wildman–Crippen MR) is 263 cm³/mol. The molecule has 0 saturated carbocycles. The number of thioether (sulfide) groups is 1. The highest BCUT2D eigenvalue weighted by molar-refractivity contribution is 8.00. The Hall–Kier alpha value is -6.30. The first-order valence-electron chi connectivity index (χ1n) is 22.2. The molecule has 0 aliphatic carbocycles. The lowest BCUT2D eigenvalue weighted by Gasteiger charge is -2.13. The van der Waals surface area contributed by atoms with Crippen molar-refractivity contribution in [1.29, 1.82) is 5.26 Å². The summed E-state index contributed by atoms with van der Waals surface area (Å²) in [7, 11) is -5.08. The van der Waals surface area contributed by atoms with Crippen molar-refractivity contribution in [2.75, 3.05) is 29.8 Å². The minimum Gasteiger partial charge on any atom is -0.506 e. The Morgan fingerprint density at radius 1 is 0.868 bits per heavy atom. The van der Waals surface area contributed by atoms with E-state index in [1.807, 2.05) is 19.1 Å². The van der Waals surface area contributed by atoms with Gasteiger partial charge >= 0.3 is 12.0 Å². The van der Waals surface area contributed by atoms with Gasteiger partial charge in [0.25, 0.3) is 17.0 Å². The number of ether oxygens (including phenoxy) is 1. The normalized spacial score (nSPS) is 12.2. The van der Waals surface area contributed by atoms with Crippen molar-refractivity contribution in [1.82, 2.24) is 20.2 Å². The maximum atomic E-state index is 13.0. The monoisotopic (exact) mass is 987 g/mol. The summed E-state index contributed by atoms with van der Waals surface area (Å²) in [5.41, 5.74) is 1.93. The van der Waals surface area contributed by atoms with Crippen molar-refractivity contribution < 1.29 is 46.4 Å². The van der Waals surface area contributed by atoms with E-state index < -0.39 is 43.7 Å². The maximum absolute atomic E-state index is 13.0. The lowest BCUT2D eigenvalue weighted by Crippen LogP contribution is -2.17. The molecule has 362 valence electrons. The molecule has 6 aromatic rings. The molecule has 0 fully saturated rings. The molecule has 2 amide bonds. The number of carbonyl (C=O) groups excluding carboxylic acids is 3. The maximum Gasteiger partial charge on any atom is 0.323 e. The molecule has 6 rings (SSSR count). The Balaban J connectivity index is 0.000000283. The van der Waals surface area contributed by atoms with Gasteiger partial charge in [0, 0.05) is 39.0 Å². The molecule has 0 aliphatic rings. The summed E-state index contributed by atoms with van der Waals surface area (Å²) in [6, 6.07) is 14.4. The molecule has 2 aromatic heterocycles. The van der Waals surface area contributed by atoms with Gasteiger partial charge in [0.1, 0.15) is 22.8 Å². The number of aryl methyl sites for hydroxylation is 3. The number of aromatic amines is 1. The lowest BCUT2D eigenvalue weighted by atomic mass is 10.0. The highest BCUT2D eigenvalue weighted by Gasteiger charge is 2.26. The second-order valence-corrected chi connectivity index (χ2v) is 20.9. The molecule has 0 saturated heterocycles. The molecule has 4 aromatic carbocycles. The van der Waals surface area contributed by atoms with E-state index in [4.69, 9.17) is 14.4 Å². The molecule has 0 spiro atoms. The van der Waals surface area contributed by atoms with Gasteiger partial charge in [-0.25, -0.2) is 13.4 Å². The van der Waals surface area contributed by atoms with E-state index in [1.54, 1.807) is 51.1 Å². The number of phenolic OH excluding ortho intramolecular Hbond substituents is 2. The summed E-state index contributed by atoms with van der Waals surface area (Å²) in [5, 5.41) is 44.0. The fourth-order valence-electron chi connectivity index (χ4n) is 7.44. The number of unbranched alkanes of at least 4 members (excludes halogenated alkanes) is 9. The van der Waals surface area contributed by atoms with E-state index in [9.17, 15) is 37.2 Å². The number of nitriles is 1. The first-order valence-corrected chi connectivity index (χ1v) is 26.5. The van der Waals surface area contributed by atoms with Gasteiger partial charge in [-0.3, -0.25) is 29.2 Å². The zero-order valence-corrected chi connectivity index (χ0v) is 41.6. The van der Waals surface area contributed by atoms with Gasteiger partial charge in [0.15, 0.2) is 15.5 Å². The minimum absolute atomic E-state index is 0.0131. The molecule has 0 aliphatic heterocycles. The van der Waals surface area contributed by atoms with Crippen LogP contribution in [0.4, 0.5) is 12.0 Å². The third-order valence-corrected chi connectivity index (χ3v) is 14.0. The predicted octanol–water partition coefficient (Wildman–Crippen LogP) is 9.58. The van der Waals surface area contributed by atoms with Gasteiger partial charge in [0.2, 0.25) is 5.95 Å². The van der Waals surface area contributed by atoms with Gasteiger partial charge in [-0.15, -0.1) is 0 Å². The summed E-state index contributed by atoms with van der Waals surface area (Å²) in [5.74, 6) is -2.30. The van der Waals surface area contributed by atoms with Gasteiger partial charge in [-0.1, -0.05) is 123 Å². The van der Waals surface area contributed by atoms with Crippen LogP contribution in [-0.4, -0.2) is 85.2 Å². The molecule has 0 radical (unpaired) electrons. The van der Waals surface area contributed by atoms with Crippen molar-refractivity contribution in [3.63, 3.8) is 0 Å². The van der Waals surface area contributed by atoms with Crippen LogP contribution in [0.25, 0.3) is 21.5 Å². The fourth-order valence-corrected chi connectivity index (χ4v) is 9.94. The van der Waals surface area contributed by atoms with Gasteiger partial charge in [0.05, 0.1) is 39.1 Å². The number of phenols is 2.